The zero-order valence-electron chi connectivity index (χ0n) is 8.06. The number of nitrogens with zero attached hydrogens (tertiary/aromatic N) is 1. The normalized spacial score (nSPS) is 10.4. The van der Waals surface area contributed by atoms with Crippen LogP contribution in [0.3, 0.4) is 0 Å². The lowest BCUT2D eigenvalue weighted by molar-refractivity contribution is -0.117. The predicted molar refractivity (Wildman–Crippen MR) is 59.4 cm³/mol. The van der Waals surface area contributed by atoms with Gasteiger partial charge in [-0.3, -0.25) is 9.89 Å². The fraction of sp³-hybridized carbons (Fsp3) is 0.200. The van der Waals surface area contributed by atoms with Crippen LogP contribution in [0.4, 0.5) is 0 Å². The van der Waals surface area contributed by atoms with Crippen molar-refractivity contribution in [2.45, 2.75) is 12.8 Å². The molecule has 0 saturated carbocycles. The maximum atomic E-state index is 10.7. The Morgan fingerprint density at radius 3 is 3.13 bits per heavy atom. The first-order valence-corrected chi connectivity index (χ1v) is 5.55. The lowest BCUT2D eigenvalue weighted by Gasteiger charge is -1.98. The van der Waals surface area contributed by atoms with Crippen LogP contribution in [-0.4, -0.2) is 16.1 Å². The lowest BCUT2D eigenvalue weighted by Crippen LogP contribution is -2.11. The summed E-state index contributed by atoms with van der Waals surface area (Å²) in [6.45, 7) is 0. The highest BCUT2D eigenvalue weighted by atomic mass is 32.1. The van der Waals surface area contributed by atoms with Crippen molar-refractivity contribution in [2.24, 2.45) is 5.73 Å². The molecule has 5 heteroatoms. The second-order valence-corrected chi connectivity index (χ2v) is 4.03. The SMILES string of the molecule is NC(=O)CCc1cn[nH]c1-c1ccsc1. The van der Waals surface area contributed by atoms with Gasteiger partial charge in [0.2, 0.25) is 5.91 Å². The van der Waals surface area contributed by atoms with Crippen LogP contribution in [0.15, 0.2) is 23.0 Å². The maximum Gasteiger partial charge on any atom is 0.217 e. The molecule has 2 aromatic rings. The summed E-state index contributed by atoms with van der Waals surface area (Å²) in [4.78, 5) is 10.7. The van der Waals surface area contributed by atoms with Gasteiger partial charge in [0.15, 0.2) is 0 Å². The summed E-state index contributed by atoms with van der Waals surface area (Å²) < 4.78 is 0. The first-order valence-electron chi connectivity index (χ1n) is 4.60. The minimum absolute atomic E-state index is 0.285. The molecule has 3 N–H and O–H groups in total. The van der Waals surface area contributed by atoms with Gasteiger partial charge in [0.25, 0.3) is 0 Å². The quantitative estimate of drug-likeness (QED) is 0.822. The molecule has 0 bridgehead atoms. The van der Waals surface area contributed by atoms with Crippen molar-refractivity contribution >= 4 is 17.2 Å². The Bertz CT molecular complexity index is 447. The van der Waals surface area contributed by atoms with Gasteiger partial charge in [0.05, 0.1) is 11.9 Å². The van der Waals surface area contributed by atoms with Crippen LogP contribution in [0.25, 0.3) is 11.3 Å². The van der Waals surface area contributed by atoms with E-state index in [1.165, 1.54) is 0 Å². The molecule has 0 fully saturated rings. The second-order valence-electron chi connectivity index (χ2n) is 3.25. The van der Waals surface area contributed by atoms with Crippen LogP contribution in [-0.2, 0) is 11.2 Å². The number of aryl methyl sites for hydroxylation is 1. The van der Waals surface area contributed by atoms with E-state index >= 15 is 0 Å². The number of hydrogen-bond donors (Lipinski definition) is 2. The number of thiophene rings is 1. The Kier molecular flexibility index (Phi) is 2.82. The Morgan fingerprint density at radius 1 is 1.60 bits per heavy atom. The van der Waals surface area contributed by atoms with E-state index in [9.17, 15) is 4.79 Å². The van der Waals surface area contributed by atoms with Gasteiger partial charge in [-0.05, 0) is 23.4 Å². The molecule has 2 rings (SSSR count). The fourth-order valence-electron chi connectivity index (χ4n) is 1.42. The van der Waals surface area contributed by atoms with Crippen LogP contribution in [0.1, 0.15) is 12.0 Å². The Hall–Kier alpha value is -1.62. The van der Waals surface area contributed by atoms with Gasteiger partial charge in [0, 0.05) is 17.4 Å². The van der Waals surface area contributed by atoms with Crippen LogP contribution < -0.4 is 5.73 Å². The van der Waals surface area contributed by atoms with Crippen molar-refractivity contribution in [2.75, 3.05) is 0 Å². The second kappa shape index (κ2) is 4.27. The molecule has 0 aliphatic carbocycles. The van der Waals surface area contributed by atoms with Gasteiger partial charge >= 0.3 is 0 Å². The van der Waals surface area contributed by atoms with Gasteiger partial charge in [-0.25, -0.2) is 0 Å². The number of primary amides is 1. The van der Waals surface area contributed by atoms with Gasteiger partial charge in [-0.2, -0.15) is 16.4 Å². The van der Waals surface area contributed by atoms with Crippen LogP contribution in [0.2, 0.25) is 0 Å². The summed E-state index contributed by atoms with van der Waals surface area (Å²) in [7, 11) is 0. The van der Waals surface area contributed by atoms with E-state index in [2.05, 4.69) is 10.2 Å². The molecule has 0 aliphatic rings. The molecule has 0 atom stereocenters. The zero-order chi connectivity index (χ0) is 10.7. The van der Waals surface area contributed by atoms with Crippen LogP contribution in [0.5, 0.6) is 0 Å². The smallest absolute Gasteiger partial charge is 0.217 e. The topological polar surface area (TPSA) is 71.8 Å². The average molecular weight is 221 g/mol. The minimum atomic E-state index is -0.285. The third-order valence-electron chi connectivity index (χ3n) is 2.17. The third kappa shape index (κ3) is 2.24. The number of amides is 1. The number of rotatable bonds is 4. The highest BCUT2D eigenvalue weighted by Crippen LogP contribution is 2.24. The van der Waals surface area contributed by atoms with E-state index in [-0.39, 0.29) is 5.91 Å². The number of aromatic nitrogens is 2. The van der Waals surface area contributed by atoms with E-state index in [1.54, 1.807) is 17.5 Å². The molecule has 2 heterocycles. The van der Waals surface area contributed by atoms with Crippen molar-refractivity contribution in [3.8, 4) is 11.3 Å². The number of nitrogens with one attached hydrogen (secondary N) is 1. The molecule has 0 aromatic carbocycles. The fourth-order valence-corrected chi connectivity index (χ4v) is 2.06. The molecule has 4 nitrogen and oxygen atoms in total. The number of hydrogen-bond acceptors (Lipinski definition) is 3. The summed E-state index contributed by atoms with van der Waals surface area (Å²) in [5.41, 5.74) is 8.24. The zero-order valence-corrected chi connectivity index (χ0v) is 8.88. The Morgan fingerprint density at radius 2 is 2.47 bits per heavy atom. The average Bonchev–Trinajstić information content (AvgIpc) is 2.85. The van der Waals surface area contributed by atoms with Gasteiger partial charge in [0.1, 0.15) is 0 Å². The van der Waals surface area contributed by atoms with E-state index in [4.69, 9.17) is 5.73 Å². The number of nitrogens with two attached hydrogens (primary N) is 1. The molecule has 1 amide bonds. The standard InChI is InChI=1S/C10H11N3OS/c11-9(14)2-1-7-5-12-13-10(7)8-3-4-15-6-8/h3-6H,1-2H2,(H2,11,14)(H,12,13). The molecule has 0 saturated heterocycles. The molecule has 0 spiro atoms. The first-order chi connectivity index (χ1) is 7.27. The van der Waals surface area contributed by atoms with E-state index < -0.39 is 0 Å². The monoisotopic (exact) mass is 221 g/mol. The van der Waals surface area contributed by atoms with Gasteiger partial charge < -0.3 is 5.73 Å². The Balaban J connectivity index is 2.19. The van der Waals surface area contributed by atoms with Crippen molar-refractivity contribution in [1.29, 1.82) is 0 Å². The van der Waals surface area contributed by atoms with Crippen molar-refractivity contribution in [1.82, 2.24) is 10.2 Å². The highest BCUT2D eigenvalue weighted by molar-refractivity contribution is 7.08. The molecular weight excluding hydrogens is 210 g/mol. The lowest BCUT2D eigenvalue weighted by atomic mass is 10.1. The van der Waals surface area contributed by atoms with Gasteiger partial charge in [-0.1, -0.05) is 0 Å². The van der Waals surface area contributed by atoms with Crippen molar-refractivity contribution in [3.63, 3.8) is 0 Å². The van der Waals surface area contributed by atoms with E-state index in [0.29, 0.717) is 12.8 Å². The van der Waals surface area contributed by atoms with Gasteiger partial charge in [-0.15, -0.1) is 0 Å². The van der Waals surface area contributed by atoms with E-state index in [0.717, 1.165) is 16.8 Å². The molecular formula is C10H11N3OS. The molecule has 2 aromatic heterocycles. The molecule has 0 aliphatic heterocycles. The first kappa shape index (κ1) is 9.92. The summed E-state index contributed by atoms with van der Waals surface area (Å²) in [5, 5.41) is 11.0. The summed E-state index contributed by atoms with van der Waals surface area (Å²) in [6, 6.07) is 2.02. The Labute approximate surface area is 91.1 Å². The molecule has 78 valence electrons. The summed E-state index contributed by atoms with van der Waals surface area (Å²) in [6.07, 6.45) is 2.74. The molecule has 15 heavy (non-hydrogen) atoms. The van der Waals surface area contributed by atoms with Crippen molar-refractivity contribution < 1.29 is 4.79 Å². The minimum Gasteiger partial charge on any atom is -0.370 e. The third-order valence-corrected chi connectivity index (χ3v) is 2.85. The largest absolute Gasteiger partial charge is 0.370 e. The number of H-pyrrole nitrogens is 1. The van der Waals surface area contributed by atoms with Crippen molar-refractivity contribution in [3.05, 3.63) is 28.6 Å². The number of carbonyl (C=O) groups is 1. The van der Waals surface area contributed by atoms with Crippen LogP contribution >= 0.6 is 11.3 Å². The highest BCUT2D eigenvalue weighted by Gasteiger charge is 2.08. The molecule has 0 radical (unpaired) electrons. The summed E-state index contributed by atoms with van der Waals surface area (Å²) in [5.74, 6) is -0.285. The maximum absolute atomic E-state index is 10.7. The number of aromatic amines is 1. The van der Waals surface area contributed by atoms with Crippen LogP contribution in [0, 0.1) is 0 Å². The molecule has 0 unspecified atom stereocenters. The van der Waals surface area contributed by atoms with E-state index in [1.807, 2.05) is 16.8 Å². The predicted octanol–water partition coefficient (Wildman–Crippen LogP) is 1.56. The summed E-state index contributed by atoms with van der Waals surface area (Å²) >= 11 is 1.63. The number of carbonyl (C=O) groups excluding carboxylic acids is 1.